The van der Waals surface area contributed by atoms with Gasteiger partial charge in [-0.1, -0.05) is 0 Å². The minimum absolute atomic E-state index is 0.168. The Morgan fingerprint density at radius 1 is 1.25 bits per heavy atom. The number of fused-ring (bicyclic) bond motifs is 1. The number of ether oxygens (including phenoxy) is 1. The van der Waals surface area contributed by atoms with Gasteiger partial charge in [0.1, 0.15) is 11.3 Å². The Labute approximate surface area is 116 Å². The van der Waals surface area contributed by atoms with Gasteiger partial charge in [0, 0.05) is 30.6 Å². The van der Waals surface area contributed by atoms with Crippen molar-refractivity contribution in [1.29, 1.82) is 0 Å². The molecule has 0 unspecified atom stereocenters. The van der Waals surface area contributed by atoms with Crippen LogP contribution < -0.4 is 10.4 Å². The summed E-state index contributed by atoms with van der Waals surface area (Å²) in [5.74, 6) is 0.408. The zero-order valence-corrected chi connectivity index (χ0v) is 11.8. The third-order valence-corrected chi connectivity index (χ3v) is 3.23. The van der Waals surface area contributed by atoms with Crippen molar-refractivity contribution >= 4 is 16.9 Å². The largest absolute Gasteiger partial charge is 0.497 e. The number of hydrogen-bond acceptors (Lipinski definition) is 4. The van der Waals surface area contributed by atoms with Crippen LogP contribution in [0.1, 0.15) is 24.2 Å². The van der Waals surface area contributed by atoms with Crippen molar-refractivity contribution < 1.29 is 13.9 Å². The monoisotopic (exact) mass is 275 g/mol. The lowest BCUT2D eigenvalue weighted by atomic mass is 10.1. The van der Waals surface area contributed by atoms with E-state index in [9.17, 15) is 9.59 Å². The third kappa shape index (κ3) is 2.52. The third-order valence-electron chi connectivity index (χ3n) is 3.23. The van der Waals surface area contributed by atoms with Crippen LogP contribution in [0.5, 0.6) is 5.75 Å². The number of benzene rings is 1. The van der Waals surface area contributed by atoms with E-state index >= 15 is 0 Å². The summed E-state index contributed by atoms with van der Waals surface area (Å²) in [6.07, 6.45) is 0. The maximum Gasteiger partial charge on any atom is 0.337 e. The van der Waals surface area contributed by atoms with Crippen LogP contribution in [-0.4, -0.2) is 31.0 Å². The molecule has 106 valence electrons. The van der Waals surface area contributed by atoms with Gasteiger partial charge in [-0.05, 0) is 26.0 Å². The van der Waals surface area contributed by atoms with Crippen LogP contribution in [0.15, 0.2) is 33.5 Å². The number of amides is 1. The number of methoxy groups -OCH3 is 1. The molecule has 0 fully saturated rings. The predicted octanol–water partition coefficient (Wildman–Crippen LogP) is 2.28. The van der Waals surface area contributed by atoms with Gasteiger partial charge in [0.25, 0.3) is 5.91 Å². The first kappa shape index (κ1) is 14.1. The molecule has 0 saturated heterocycles. The van der Waals surface area contributed by atoms with E-state index in [4.69, 9.17) is 9.15 Å². The molecule has 0 N–H and O–H groups in total. The van der Waals surface area contributed by atoms with Crippen LogP contribution in [0.4, 0.5) is 0 Å². The maximum absolute atomic E-state index is 12.4. The fourth-order valence-electron chi connectivity index (χ4n) is 2.13. The van der Waals surface area contributed by atoms with Gasteiger partial charge in [-0.3, -0.25) is 4.79 Å². The highest BCUT2D eigenvalue weighted by molar-refractivity contribution is 6.05. The van der Waals surface area contributed by atoms with Gasteiger partial charge in [0.2, 0.25) is 0 Å². The summed E-state index contributed by atoms with van der Waals surface area (Å²) < 4.78 is 10.2. The Morgan fingerprint density at radius 3 is 2.55 bits per heavy atom. The van der Waals surface area contributed by atoms with E-state index in [1.807, 2.05) is 13.8 Å². The van der Waals surface area contributed by atoms with E-state index in [-0.39, 0.29) is 5.91 Å². The molecule has 0 aliphatic carbocycles. The Morgan fingerprint density at radius 2 is 1.95 bits per heavy atom. The van der Waals surface area contributed by atoms with E-state index < -0.39 is 5.63 Å². The zero-order valence-electron chi connectivity index (χ0n) is 11.8. The SMILES string of the molecule is CCN(CC)C(=O)c1cc(=O)oc2cc(OC)ccc12. The van der Waals surface area contributed by atoms with Crippen molar-refractivity contribution in [2.24, 2.45) is 0 Å². The van der Waals surface area contributed by atoms with Gasteiger partial charge in [0.05, 0.1) is 12.7 Å². The summed E-state index contributed by atoms with van der Waals surface area (Å²) in [7, 11) is 1.53. The van der Waals surface area contributed by atoms with Crippen molar-refractivity contribution in [1.82, 2.24) is 4.90 Å². The fourth-order valence-corrected chi connectivity index (χ4v) is 2.13. The Kier molecular flexibility index (Phi) is 4.08. The lowest BCUT2D eigenvalue weighted by Gasteiger charge is -2.19. The number of hydrogen-bond donors (Lipinski definition) is 0. The highest BCUT2D eigenvalue weighted by Crippen LogP contribution is 2.23. The molecule has 2 aromatic rings. The molecule has 2 rings (SSSR count). The molecule has 0 aliphatic heterocycles. The van der Waals surface area contributed by atoms with Crippen LogP contribution in [0.2, 0.25) is 0 Å². The number of carbonyl (C=O) groups excluding carboxylic acids is 1. The minimum atomic E-state index is -0.541. The van der Waals surface area contributed by atoms with Gasteiger partial charge in [-0.15, -0.1) is 0 Å². The van der Waals surface area contributed by atoms with E-state index in [0.717, 1.165) is 0 Å². The summed E-state index contributed by atoms with van der Waals surface area (Å²) in [5.41, 5.74) is 0.177. The summed E-state index contributed by atoms with van der Waals surface area (Å²) in [6, 6.07) is 6.32. The average molecular weight is 275 g/mol. The molecule has 0 atom stereocenters. The maximum atomic E-state index is 12.4. The molecule has 0 aliphatic rings. The van der Waals surface area contributed by atoms with E-state index in [1.54, 1.807) is 23.1 Å². The van der Waals surface area contributed by atoms with Crippen molar-refractivity contribution in [3.63, 3.8) is 0 Å². The first-order chi connectivity index (χ1) is 9.60. The highest BCUT2D eigenvalue weighted by Gasteiger charge is 2.17. The first-order valence-electron chi connectivity index (χ1n) is 6.51. The van der Waals surface area contributed by atoms with E-state index in [0.29, 0.717) is 35.4 Å². The zero-order chi connectivity index (χ0) is 14.7. The summed E-state index contributed by atoms with van der Waals surface area (Å²) in [6.45, 7) is 4.98. The predicted molar refractivity (Wildman–Crippen MR) is 76.3 cm³/mol. The van der Waals surface area contributed by atoms with Gasteiger partial charge in [0.15, 0.2) is 0 Å². The summed E-state index contributed by atoms with van der Waals surface area (Å²) in [4.78, 5) is 25.7. The molecule has 1 aromatic heterocycles. The molecule has 20 heavy (non-hydrogen) atoms. The second-order valence-corrected chi connectivity index (χ2v) is 4.32. The molecule has 1 aromatic carbocycles. The lowest BCUT2D eigenvalue weighted by molar-refractivity contribution is 0.0774. The fraction of sp³-hybridized carbons (Fsp3) is 0.333. The second kappa shape index (κ2) is 5.77. The second-order valence-electron chi connectivity index (χ2n) is 4.32. The van der Waals surface area contributed by atoms with E-state index in [2.05, 4.69) is 0 Å². The molecule has 0 bridgehead atoms. The highest BCUT2D eigenvalue weighted by atomic mass is 16.5. The minimum Gasteiger partial charge on any atom is -0.497 e. The average Bonchev–Trinajstić information content (AvgIpc) is 2.46. The normalized spacial score (nSPS) is 10.6. The van der Waals surface area contributed by atoms with Crippen molar-refractivity contribution in [2.45, 2.75) is 13.8 Å². The summed E-state index contributed by atoms with van der Waals surface area (Å²) in [5, 5.41) is 0.613. The lowest BCUT2D eigenvalue weighted by Crippen LogP contribution is -2.31. The molecule has 5 nitrogen and oxygen atoms in total. The summed E-state index contributed by atoms with van der Waals surface area (Å²) >= 11 is 0. The van der Waals surface area contributed by atoms with Crippen LogP contribution in [0.25, 0.3) is 11.0 Å². The van der Waals surface area contributed by atoms with Crippen LogP contribution in [0, 0.1) is 0 Å². The van der Waals surface area contributed by atoms with Crippen molar-refractivity contribution in [3.8, 4) is 5.75 Å². The van der Waals surface area contributed by atoms with Crippen LogP contribution in [0.3, 0.4) is 0 Å². The Bertz CT molecular complexity index is 686. The van der Waals surface area contributed by atoms with Gasteiger partial charge >= 0.3 is 5.63 Å². The topological polar surface area (TPSA) is 59.8 Å². The van der Waals surface area contributed by atoms with Gasteiger partial charge < -0.3 is 14.1 Å². The number of carbonyl (C=O) groups is 1. The molecule has 0 saturated carbocycles. The molecular formula is C15H17NO4. The van der Waals surface area contributed by atoms with Gasteiger partial charge in [-0.2, -0.15) is 0 Å². The molecule has 5 heteroatoms. The Balaban J connectivity index is 2.64. The first-order valence-corrected chi connectivity index (χ1v) is 6.51. The molecule has 1 heterocycles. The molecule has 0 spiro atoms. The van der Waals surface area contributed by atoms with Crippen molar-refractivity contribution in [2.75, 3.05) is 20.2 Å². The number of rotatable bonds is 4. The molecule has 1 amide bonds. The van der Waals surface area contributed by atoms with Crippen LogP contribution in [-0.2, 0) is 0 Å². The quantitative estimate of drug-likeness (QED) is 0.803. The molecular weight excluding hydrogens is 258 g/mol. The number of nitrogens with zero attached hydrogens (tertiary/aromatic N) is 1. The van der Waals surface area contributed by atoms with E-state index in [1.165, 1.54) is 13.2 Å². The van der Waals surface area contributed by atoms with Gasteiger partial charge in [-0.25, -0.2) is 4.79 Å². The van der Waals surface area contributed by atoms with Crippen molar-refractivity contribution in [3.05, 3.63) is 40.2 Å². The standard InChI is InChI=1S/C15H17NO4/c1-4-16(5-2)15(18)12-9-14(17)20-13-8-10(19-3)6-7-11(12)13/h6-9H,4-5H2,1-3H3. The Hall–Kier alpha value is -2.30. The molecule has 0 radical (unpaired) electrons. The van der Waals surface area contributed by atoms with Crippen LogP contribution >= 0.6 is 0 Å². The smallest absolute Gasteiger partial charge is 0.337 e.